The molecule has 0 aliphatic heterocycles. The zero-order valence-electron chi connectivity index (χ0n) is 12.7. The Morgan fingerprint density at radius 2 is 2.05 bits per heavy atom. The molecule has 1 heterocycles. The van der Waals surface area contributed by atoms with Gasteiger partial charge in [-0.3, -0.25) is 0 Å². The first kappa shape index (κ1) is 15.8. The normalized spacial score (nSPS) is 13.4. The highest BCUT2D eigenvalue weighted by Crippen LogP contribution is 2.38. The summed E-state index contributed by atoms with van der Waals surface area (Å²) in [6.07, 6.45) is 0.716. The second kappa shape index (κ2) is 5.68. The molecule has 2 rings (SSSR count). The van der Waals surface area contributed by atoms with Gasteiger partial charge in [0.05, 0.1) is 16.3 Å². The largest absolute Gasteiger partial charge is 0.367 e. The number of hydrogen-bond acceptors (Lipinski definition) is 3. The Morgan fingerprint density at radius 3 is 2.62 bits per heavy atom. The Balaban J connectivity index is 2.43. The molecule has 0 radical (unpaired) electrons. The second-order valence-corrected chi connectivity index (χ2v) is 6.87. The molecule has 1 unspecified atom stereocenters. The highest BCUT2D eigenvalue weighted by atomic mass is 35.5. The van der Waals surface area contributed by atoms with E-state index in [1.165, 1.54) is 12.1 Å². The zero-order chi connectivity index (χ0) is 15.8. The predicted molar refractivity (Wildman–Crippen MR) is 83.6 cm³/mol. The first-order valence-electron chi connectivity index (χ1n) is 6.89. The lowest BCUT2D eigenvalue weighted by Gasteiger charge is -2.26. The Morgan fingerprint density at radius 1 is 1.38 bits per heavy atom. The maximum absolute atomic E-state index is 13.2. The van der Waals surface area contributed by atoms with E-state index in [0.29, 0.717) is 28.5 Å². The average Bonchev–Trinajstić information content (AvgIpc) is 2.70. The minimum absolute atomic E-state index is 0.136. The number of nitrogens with zero attached hydrogens (tertiary/aromatic N) is 1. The quantitative estimate of drug-likeness (QED) is 0.873. The van der Waals surface area contributed by atoms with E-state index in [-0.39, 0.29) is 17.1 Å². The van der Waals surface area contributed by atoms with Crippen LogP contribution in [0.5, 0.6) is 0 Å². The summed E-state index contributed by atoms with van der Waals surface area (Å²) in [4.78, 5) is 0. The van der Waals surface area contributed by atoms with Crippen molar-refractivity contribution >= 4 is 17.5 Å². The number of rotatable bonds is 3. The van der Waals surface area contributed by atoms with E-state index in [1.54, 1.807) is 6.07 Å². The van der Waals surface area contributed by atoms with E-state index in [1.807, 2.05) is 0 Å². The molecule has 1 atom stereocenters. The summed E-state index contributed by atoms with van der Waals surface area (Å²) in [5.74, 6) is 0.197. The van der Waals surface area contributed by atoms with Crippen LogP contribution in [-0.4, -0.2) is 5.16 Å². The number of aromatic nitrogens is 1. The minimum Gasteiger partial charge on any atom is -0.367 e. The molecule has 2 N–H and O–H groups in total. The lowest BCUT2D eigenvalue weighted by Crippen LogP contribution is -2.19. The first-order valence-corrected chi connectivity index (χ1v) is 7.27. The molecule has 114 valence electrons. The highest BCUT2D eigenvalue weighted by Gasteiger charge is 2.25. The van der Waals surface area contributed by atoms with Crippen LogP contribution in [0.3, 0.4) is 0 Å². The lowest BCUT2D eigenvalue weighted by molar-refractivity contribution is 0.255. The molecule has 5 heteroatoms. The number of halogens is 2. The van der Waals surface area contributed by atoms with Crippen molar-refractivity contribution in [1.82, 2.24) is 5.16 Å². The summed E-state index contributed by atoms with van der Waals surface area (Å²) in [6, 6.07) is 4.22. The van der Waals surface area contributed by atoms with Gasteiger partial charge in [-0.1, -0.05) is 44.5 Å². The summed E-state index contributed by atoms with van der Waals surface area (Å²) in [7, 11) is 0. The lowest BCUT2D eigenvalue weighted by atomic mass is 9.79. The van der Waals surface area contributed by atoms with Crippen LogP contribution < -0.4 is 5.73 Å². The third-order valence-corrected chi connectivity index (χ3v) is 4.28. The average molecular weight is 311 g/mol. The van der Waals surface area contributed by atoms with Gasteiger partial charge in [-0.25, -0.2) is 4.39 Å². The van der Waals surface area contributed by atoms with Crippen LogP contribution in [0.1, 0.15) is 33.4 Å². The van der Waals surface area contributed by atoms with Gasteiger partial charge in [0.25, 0.3) is 0 Å². The second-order valence-electron chi connectivity index (χ2n) is 6.46. The van der Waals surface area contributed by atoms with Gasteiger partial charge in [-0.05, 0) is 36.0 Å². The smallest absolute Gasteiger partial charge is 0.230 e. The molecule has 0 bridgehead atoms. The monoisotopic (exact) mass is 310 g/mol. The van der Waals surface area contributed by atoms with Crippen LogP contribution in [0, 0.1) is 17.2 Å². The summed E-state index contributed by atoms with van der Waals surface area (Å²) >= 11 is 6.13. The van der Waals surface area contributed by atoms with Crippen molar-refractivity contribution in [1.29, 1.82) is 0 Å². The van der Waals surface area contributed by atoms with E-state index < -0.39 is 0 Å². The van der Waals surface area contributed by atoms with Crippen molar-refractivity contribution in [2.24, 2.45) is 11.3 Å². The molecular formula is C16H20ClFN2O. The van der Waals surface area contributed by atoms with Crippen LogP contribution in [0.15, 0.2) is 22.7 Å². The molecular weight excluding hydrogens is 291 g/mol. The molecule has 0 aliphatic rings. The van der Waals surface area contributed by atoms with Crippen molar-refractivity contribution in [3.05, 3.63) is 34.7 Å². The van der Waals surface area contributed by atoms with Crippen molar-refractivity contribution in [2.45, 2.75) is 34.1 Å². The van der Waals surface area contributed by atoms with Crippen LogP contribution in [-0.2, 0) is 6.42 Å². The zero-order valence-corrected chi connectivity index (χ0v) is 13.5. The van der Waals surface area contributed by atoms with Gasteiger partial charge in [-0.2, -0.15) is 0 Å². The molecule has 0 saturated heterocycles. The van der Waals surface area contributed by atoms with Crippen molar-refractivity contribution in [3.63, 3.8) is 0 Å². The topological polar surface area (TPSA) is 52.0 Å². The third-order valence-electron chi connectivity index (χ3n) is 3.97. The molecule has 1 aromatic carbocycles. The molecule has 2 aromatic rings. The van der Waals surface area contributed by atoms with Gasteiger partial charge in [-0.15, -0.1) is 0 Å². The number of nitrogen functional groups attached to an aromatic ring is 1. The van der Waals surface area contributed by atoms with Crippen molar-refractivity contribution in [2.75, 3.05) is 5.73 Å². The fraction of sp³-hybridized carbons (Fsp3) is 0.438. The maximum Gasteiger partial charge on any atom is 0.230 e. The van der Waals surface area contributed by atoms with Gasteiger partial charge in [0, 0.05) is 5.56 Å². The summed E-state index contributed by atoms with van der Waals surface area (Å²) in [5, 5.41) is 4.36. The molecule has 0 fully saturated rings. The van der Waals surface area contributed by atoms with Crippen molar-refractivity contribution in [3.8, 4) is 11.1 Å². The first-order chi connectivity index (χ1) is 9.70. The summed E-state index contributed by atoms with van der Waals surface area (Å²) in [5.41, 5.74) is 8.08. The minimum atomic E-state index is -0.386. The standard InChI is InChI=1S/C16H20ClFN2O/c1-9(16(2,3)4)7-13-14(15(19)21-20-13)11-6-5-10(18)8-12(11)17/h5-6,8-9H,7,19H2,1-4H3. The number of nitrogens with two attached hydrogens (primary N) is 1. The molecule has 3 nitrogen and oxygen atoms in total. The van der Waals surface area contributed by atoms with Crippen LogP contribution in [0.2, 0.25) is 5.02 Å². The summed E-state index contributed by atoms with van der Waals surface area (Å²) in [6.45, 7) is 8.67. The Labute approximate surface area is 129 Å². The van der Waals surface area contributed by atoms with Crippen LogP contribution >= 0.6 is 11.6 Å². The van der Waals surface area contributed by atoms with Gasteiger partial charge in [0.15, 0.2) is 0 Å². The molecule has 0 spiro atoms. The molecule has 0 saturated carbocycles. The molecule has 0 amide bonds. The Bertz CT molecular complexity index is 646. The van der Waals surface area contributed by atoms with Crippen molar-refractivity contribution < 1.29 is 8.91 Å². The van der Waals surface area contributed by atoms with E-state index in [4.69, 9.17) is 21.9 Å². The fourth-order valence-electron chi connectivity index (χ4n) is 2.05. The Hall–Kier alpha value is -1.55. The number of benzene rings is 1. The highest BCUT2D eigenvalue weighted by molar-refractivity contribution is 6.33. The van der Waals surface area contributed by atoms with E-state index in [9.17, 15) is 4.39 Å². The Kier molecular flexibility index (Phi) is 4.28. The predicted octanol–water partition coefficient (Wildman–Crippen LogP) is 4.94. The maximum atomic E-state index is 13.2. The molecule has 21 heavy (non-hydrogen) atoms. The van der Waals surface area contributed by atoms with E-state index in [0.717, 1.165) is 5.69 Å². The van der Waals surface area contributed by atoms with Gasteiger partial charge in [0.2, 0.25) is 5.88 Å². The number of anilines is 1. The summed E-state index contributed by atoms with van der Waals surface area (Å²) < 4.78 is 18.3. The SMILES string of the molecule is CC(Cc1noc(N)c1-c1ccc(F)cc1Cl)C(C)(C)C. The van der Waals surface area contributed by atoms with Gasteiger partial charge in [0.1, 0.15) is 5.82 Å². The number of hydrogen-bond donors (Lipinski definition) is 1. The molecule has 0 aliphatic carbocycles. The van der Waals surface area contributed by atoms with Crippen LogP contribution in [0.4, 0.5) is 10.3 Å². The van der Waals surface area contributed by atoms with Gasteiger partial charge >= 0.3 is 0 Å². The van der Waals surface area contributed by atoms with Crippen LogP contribution in [0.25, 0.3) is 11.1 Å². The molecule has 1 aromatic heterocycles. The fourth-order valence-corrected chi connectivity index (χ4v) is 2.32. The third kappa shape index (κ3) is 3.38. The van der Waals surface area contributed by atoms with E-state index >= 15 is 0 Å². The van der Waals surface area contributed by atoms with Gasteiger partial charge < -0.3 is 10.3 Å². The van der Waals surface area contributed by atoms with E-state index in [2.05, 4.69) is 32.9 Å².